The summed E-state index contributed by atoms with van der Waals surface area (Å²) in [6.07, 6.45) is 6.58. The molecule has 1 saturated carbocycles. The van der Waals surface area contributed by atoms with Gasteiger partial charge in [0.05, 0.1) is 6.04 Å². The fraction of sp³-hybridized carbons (Fsp3) is 0.519. The Morgan fingerprint density at radius 2 is 1.94 bits per heavy atom. The highest BCUT2D eigenvalue weighted by molar-refractivity contribution is 6.19. The molecule has 1 aliphatic carbocycles. The van der Waals surface area contributed by atoms with Crippen LogP contribution in [0.1, 0.15) is 51.1 Å². The number of carbonyl (C=O) groups is 3. The van der Waals surface area contributed by atoms with Crippen LogP contribution >= 0.6 is 0 Å². The summed E-state index contributed by atoms with van der Waals surface area (Å²) in [5.74, 6) is -1.47. The van der Waals surface area contributed by atoms with Gasteiger partial charge in [0, 0.05) is 31.6 Å². The van der Waals surface area contributed by atoms with Gasteiger partial charge in [-0.1, -0.05) is 50.3 Å². The Balaban J connectivity index is 1.36. The van der Waals surface area contributed by atoms with Gasteiger partial charge in [0.25, 0.3) is 11.8 Å². The largest absolute Gasteiger partial charge is 0.494 e. The fourth-order valence-corrected chi connectivity index (χ4v) is 5.43. The number of benzene rings is 1. The molecule has 3 heterocycles. The predicted molar refractivity (Wildman–Crippen MR) is 134 cm³/mol. The minimum absolute atomic E-state index is 0.0541. The topological polar surface area (TPSA) is 105 Å². The minimum atomic E-state index is -0.540. The molecule has 192 valence electrons. The van der Waals surface area contributed by atoms with Crippen molar-refractivity contribution in [3.63, 3.8) is 0 Å². The van der Waals surface area contributed by atoms with E-state index in [1.54, 1.807) is 11.0 Å². The van der Waals surface area contributed by atoms with E-state index in [1.165, 1.54) is 5.01 Å². The Morgan fingerprint density at radius 1 is 1.19 bits per heavy atom. The van der Waals surface area contributed by atoms with E-state index < -0.39 is 18.0 Å². The van der Waals surface area contributed by atoms with Crippen LogP contribution < -0.4 is 10.7 Å². The first-order chi connectivity index (χ1) is 17.3. The van der Waals surface area contributed by atoms with Crippen LogP contribution in [0.2, 0.25) is 0 Å². The Kier molecular flexibility index (Phi) is 6.75. The molecule has 1 aromatic rings. The number of hydrazine groups is 1. The quantitative estimate of drug-likeness (QED) is 0.397. The highest BCUT2D eigenvalue weighted by Gasteiger charge is 2.49. The van der Waals surface area contributed by atoms with Crippen molar-refractivity contribution in [1.82, 2.24) is 25.6 Å². The van der Waals surface area contributed by atoms with Gasteiger partial charge in [0.1, 0.15) is 6.17 Å². The first kappa shape index (κ1) is 24.4. The molecule has 0 radical (unpaired) electrons. The SMILES string of the molecule is CC(C)CN1C(O)=C(C(=O)NC2CC2)C(=O)N2NCC(/C=C/C(=O)N3CCC[C@H]3c3ccccc3)C12. The Labute approximate surface area is 211 Å². The standard InChI is InChI=1S/C27H35N5O4/c1-17(2)16-31-25-19(10-13-22(33)30-14-6-9-21(30)18-7-4-3-5-8-18)15-28-32(25)27(36)23(26(31)35)24(34)29-20-11-12-20/h3-5,7-8,10,13,17,19-21,25,28,35H,6,9,11-12,14-16H2,1-2H3,(H,29,34)/b13-10+/t19?,21-,25?/m0/s1. The van der Waals surface area contributed by atoms with E-state index in [2.05, 4.69) is 22.9 Å². The highest BCUT2D eigenvalue weighted by Crippen LogP contribution is 2.34. The molecule has 3 amide bonds. The van der Waals surface area contributed by atoms with Crippen molar-refractivity contribution >= 4 is 17.7 Å². The number of nitrogens with zero attached hydrogens (tertiary/aromatic N) is 3. The monoisotopic (exact) mass is 493 g/mol. The lowest BCUT2D eigenvalue weighted by atomic mass is 10.0. The molecular weight excluding hydrogens is 458 g/mol. The number of aliphatic hydroxyl groups is 1. The van der Waals surface area contributed by atoms with Gasteiger partial charge < -0.3 is 20.2 Å². The van der Waals surface area contributed by atoms with Crippen molar-refractivity contribution in [2.45, 2.75) is 57.8 Å². The van der Waals surface area contributed by atoms with Crippen LogP contribution in [0.5, 0.6) is 0 Å². The Morgan fingerprint density at radius 3 is 2.64 bits per heavy atom. The number of nitrogens with one attached hydrogen (secondary N) is 2. The molecule has 36 heavy (non-hydrogen) atoms. The van der Waals surface area contributed by atoms with Gasteiger partial charge in [-0.25, -0.2) is 10.4 Å². The molecule has 4 aliphatic rings. The summed E-state index contributed by atoms with van der Waals surface area (Å²) in [5.41, 5.74) is 4.02. The van der Waals surface area contributed by atoms with E-state index in [0.29, 0.717) is 19.6 Å². The number of carbonyl (C=O) groups excluding carboxylic acids is 3. The summed E-state index contributed by atoms with van der Waals surface area (Å²) in [6.45, 7) is 5.63. The Bertz CT molecular complexity index is 1080. The number of likely N-dealkylation sites (tertiary alicyclic amines) is 1. The predicted octanol–water partition coefficient (Wildman–Crippen LogP) is 2.22. The van der Waals surface area contributed by atoms with Crippen LogP contribution in [-0.2, 0) is 14.4 Å². The second-order valence-corrected chi connectivity index (χ2v) is 10.6. The van der Waals surface area contributed by atoms with Gasteiger partial charge in [0.15, 0.2) is 5.57 Å². The molecule has 3 N–H and O–H groups in total. The molecular formula is C27H35N5O4. The van der Waals surface area contributed by atoms with Gasteiger partial charge in [0.2, 0.25) is 11.8 Å². The summed E-state index contributed by atoms with van der Waals surface area (Å²) in [7, 11) is 0. The van der Waals surface area contributed by atoms with E-state index in [1.807, 2.05) is 43.0 Å². The molecule has 2 unspecified atom stereocenters. The molecule has 5 rings (SSSR count). The van der Waals surface area contributed by atoms with E-state index in [-0.39, 0.29) is 41.3 Å². The number of rotatable bonds is 7. The van der Waals surface area contributed by atoms with Gasteiger partial charge >= 0.3 is 0 Å². The first-order valence-corrected chi connectivity index (χ1v) is 13.0. The fourth-order valence-electron chi connectivity index (χ4n) is 5.43. The molecule has 0 bridgehead atoms. The maximum atomic E-state index is 13.2. The van der Waals surface area contributed by atoms with Crippen molar-refractivity contribution in [3.05, 3.63) is 59.5 Å². The summed E-state index contributed by atoms with van der Waals surface area (Å²) < 4.78 is 0. The molecule has 2 saturated heterocycles. The average Bonchev–Trinajstić information content (AvgIpc) is 3.36. The summed E-state index contributed by atoms with van der Waals surface area (Å²) in [6, 6.07) is 10.2. The summed E-state index contributed by atoms with van der Waals surface area (Å²) in [4.78, 5) is 42.8. The van der Waals surface area contributed by atoms with E-state index >= 15 is 0 Å². The molecule has 0 spiro atoms. The number of fused-ring (bicyclic) bond motifs is 1. The van der Waals surface area contributed by atoms with Gasteiger partial charge in [-0.05, 0) is 43.2 Å². The van der Waals surface area contributed by atoms with Crippen molar-refractivity contribution in [2.75, 3.05) is 19.6 Å². The molecule has 0 aromatic heterocycles. The average molecular weight is 494 g/mol. The Hall–Kier alpha value is -3.33. The van der Waals surface area contributed by atoms with Crippen molar-refractivity contribution < 1.29 is 19.5 Å². The van der Waals surface area contributed by atoms with Crippen LogP contribution in [0, 0.1) is 11.8 Å². The summed E-state index contributed by atoms with van der Waals surface area (Å²) in [5, 5.41) is 15.3. The van der Waals surface area contributed by atoms with Crippen LogP contribution in [0.3, 0.4) is 0 Å². The first-order valence-electron chi connectivity index (χ1n) is 13.0. The number of hydrogen-bond donors (Lipinski definition) is 3. The molecule has 9 nitrogen and oxygen atoms in total. The normalized spacial score (nSPS) is 26.4. The maximum absolute atomic E-state index is 13.2. The van der Waals surface area contributed by atoms with E-state index in [9.17, 15) is 19.5 Å². The lowest BCUT2D eigenvalue weighted by Gasteiger charge is -2.42. The molecule has 9 heteroatoms. The van der Waals surface area contributed by atoms with Crippen molar-refractivity contribution in [2.24, 2.45) is 11.8 Å². The third-order valence-electron chi connectivity index (χ3n) is 7.30. The molecule has 1 aromatic carbocycles. The van der Waals surface area contributed by atoms with Gasteiger partial charge in [-0.3, -0.25) is 14.4 Å². The second kappa shape index (κ2) is 9.97. The minimum Gasteiger partial charge on any atom is -0.494 e. The van der Waals surface area contributed by atoms with Crippen LogP contribution in [0.25, 0.3) is 0 Å². The van der Waals surface area contributed by atoms with Crippen LogP contribution in [0.15, 0.2) is 53.9 Å². The van der Waals surface area contributed by atoms with E-state index in [0.717, 1.165) is 31.2 Å². The van der Waals surface area contributed by atoms with E-state index in [4.69, 9.17) is 0 Å². The maximum Gasteiger partial charge on any atom is 0.280 e. The highest BCUT2D eigenvalue weighted by atomic mass is 16.3. The summed E-state index contributed by atoms with van der Waals surface area (Å²) >= 11 is 0. The third kappa shape index (κ3) is 4.72. The third-order valence-corrected chi connectivity index (χ3v) is 7.30. The number of aliphatic hydroxyl groups excluding tert-OH is 1. The smallest absolute Gasteiger partial charge is 0.280 e. The van der Waals surface area contributed by atoms with Crippen molar-refractivity contribution in [3.8, 4) is 0 Å². The molecule has 3 aliphatic heterocycles. The number of hydrogen-bond acceptors (Lipinski definition) is 6. The molecule has 3 atom stereocenters. The molecule has 3 fully saturated rings. The zero-order chi connectivity index (χ0) is 25.4. The number of amides is 3. The van der Waals surface area contributed by atoms with Gasteiger partial charge in [-0.2, -0.15) is 0 Å². The lowest BCUT2D eigenvalue weighted by molar-refractivity contribution is -0.142. The van der Waals surface area contributed by atoms with Crippen LogP contribution in [0.4, 0.5) is 0 Å². The zero-order valence-electron chi connectivity index (χ0n) is 20.9. The second-order valence-electron chi connectivity index (χ2n) is 10.6. The van der Waals surface area contributed by atoms with Crippen LogP contribution in [-0.4, -0.2) is 69.5 Å². The van der Waals surface area contributed by atoms with Crippen molar-refractivity contribution in [1.29, 1.82) is 0 Å². The lowest BCUT2D eigenvalue weighted by Crippen LogP contribution is -2.59. The zero-order valence-corrected chi connectivity index (χ0v) is 20.9. The van der Waals surface area contributed by atoms with Gasteiger partial charge in [-0.15, -0.1) is 0 Å².